The van der Waals surface area contributed by atoms with Crippen molar-refractivity contribution in [2.75, 3.05) is 6.61 Å². The maximum Gasteiger partial charge on any atom is 0.308 e. The highest BCUT2D eigenvalue weighted by atomic mass is 16.5. The second-order valence-electron chi connectivity index (χ2n) is 4.86. The molecule has 0 saturated heterocycles. The lowest BCUT2D eigenvalue weighted by Gasteiger charge is -2.15. The van der Waals surface area contributed by atoms with Gasteiger partial charge in [0, 0.05) is 0 Å². The Morgan fingerprint density at radius 3 is 1.82 bits per heavy atom. The van der Waals surface area contributed by atoms with Crippen LogP contribution in [0.4, 0.5) is 0 Å². The van der Waals surface area contributed by atoms with Crippen molar-refractivity contribution in [2.24, 2.45) is 5.92 Å². The number of carbonyl (C=O) groups excluding carboxylic acids is 1. The van der Waals surface area contributed by atoms with Gasteiger partial charge in [-0.2, -0.15) is 0 Å². The van der Waals surface area contributed by atoms with Crippen molar-refractivity contribution in [3.63, 3.8) is 0 Å². The van der Waals surface area contributed by atoms with E-state index >= 15 is 0 Å². The second-order valence-corrected chi connectivity index (χ2v) is 4.86. The molecule has 0 atom stereocenters. The van der Waals surface area contributed by atoms with Gasteiger partial charge in [-0.3, -0.25) is 4.79 Å². The summed E-state index contributed by atoms with van der Waals surface area (Å²) in [6, 6.07) is 0. The van der Waals surface area contributed by atoms with Crippen LogP contribution in [0.3, 0.4) is 0 Å². The molecule has 0 aliphatic heterocycles. The largest absolute Gasteiger partial charge is 0.465 e. The molecule has 0 amide bonds. The van der Waals surface area contributed by atoms with Gasteiger partial charge in [0.1, 0.15) is 0 Å². The van der Waals surface area contributed by atoms with Crippen LogP contribution in [-0.4, -0.2) is 12.6 Å². The number of carbonyl (C=O) groups is 1. The van der Waals surface area contributed by atoms with Crippen molar-refractivity contribution in [2.45, 2.75) is 78.6 Å². The standard InChI is InChI=1S/C15H30O2/c1-4-7-9-11-14(12-10-8-5-2)15(16)17-13-6-3/h14H,4-13H2,1-3H3. The zero-order valence-electron chi connectivity index (χ0n) is 12.0. The highest BCUT2D eigenvalue weighted by molar-refractivity contribution is 5.72. The third kappa shape index (κ3) is 9.20. The molecule has 102 valence electrons. The molecule has 0 aliphatic carbocycles. The van der Waals surface area contributed by atoms with E-state index in [9.17, 15) is 4.79 Å². The number of unbranched alkanes of at least 4 members (excludes halogenated alkanes) is 4. The Morgan fingerprint density at radius 1 is 0.882 bits per heavy atom. The molecule has 0 rings (SSSR count). The number of ether oxygens (including phenoxy) is 1. The monoisotopic (exact) mass is 242 g/mol. The maximum atomic E-state index is 11.9. The Hall–Kier alpha value is -0.530. The van der Waals surface area contributed by atoms with Gasteiger partial charge in [0.2, 0.25) is 0 Å². The maximum absolute atomic E-state index is 11.9. The lowest BCUT2D eigenvalue weighted by Crippen LogP contribution is -2.18. The fourth-order valence-electron chi connectivity index (χ4n) is 1.98. The van der Waals surface area contributed by atoms with Gasteiger partial charge >= 0.3 is 5.97 Å². The first kappa shape index (κ1) is 16.5. The van der Waals surface area contributed by atoms with E-state index < -0.39 is 0 Å². The molecule has 0 bridgehead atoms. The van der Waals surface area contributed by atoms with E-state index in [4.69, 9.17) is 4.74 Å². The van der Waals surface area contributed by atoms with Crippen molar-refractivity contribution in [3.05, 3.63) is 0 Å². The van der Waals surface area contributed by atoms with Gasteiger partial charge in [-0.15, -0.1) is 0 Å². The van der Waals surface area contributed by atoms with Crippen molar-refractivity contribution in [1.29, 1.82) is 0 Å². The average Bonchev–Trinajstić information content (AvgIpc) is 2.34. The molecule has 2 heteroatoms. The summed E-state index contributed by atoms with van der Waals surface area (Å²) in [7, 11) is 0. The van der Waals surface area contributed by atoms with Crippen LogP contribution in [0.2, 0.25) is 0 Å². The summed E-state index contributed by atoms with van der Waals surface area (Å²) < 4.78 is 5.28. The Labute approximate surface area is 107 Å². The van der Waals surface area contributed by atoms with Gasteiger partial charge in [0.05, 0.1) is 12.5 Å². The first-order valence-corrected chi connectivity index (χ1v) is 7.42. The molecule has 0 unspecified atom stereocenters. The highest BCUT2D eigenvalue weighted by Gasteiger charge is 2.18. The lowest BCUT2D eigenvalue weighted by molar-refractivity contribution is -0.149. The molecule has 0 radical (unpaired) electrons. The quantitative estimate of drug-likeness (QED) is 0.387. The van der Waals surface area contributed by atoms with Crippen LogP contribution in [0.1, 0.15) is 78.6 Å². The van der Waals surface area contributed by atoms with E-state index in [0.717, 1.165) is 32.1 Å². The summed E-state index contributed by atoms with van der Waals surface area (Å²) in [5, 5.41) is 0. The summed E-state index contributed by atoms with van der Waals surface area (Å²) in [4.78, 5) is 11.9. The fraction of sp³-hybridized carbons (Fsp3) is 0.933. The minimum atomic E-state index is 0.0408. The summed E-state index contributed by atoms with van der Waals surface area (Å²) in [6.07, 6.45) is 10.2. The molecule has 0 aliphatic rings. The van der Waals surface area contributed by atoms with Crippen molar-refractivity contribution in [1.82, 2.24) is 0 Å². The van der Waals surface area contributed by atoms with E-state index in [1.54, 1.807) is 0 Å². The molecule has 0 N–H and O–H groups in total. The first-order valence-electron chi connectivity index (χ1n) is 7.42. The minimum Gasteiger partial charge on any atom is -0.465 e. The third-order valence-corrected chi connectivity index (χ3v) is 3.09. The van der Waals surface area contributed by atoms with Crippen molar-refractivity contribution >= 4 is 5.97 Å². The molecule has 0 spiro atoms. The van der Waals surface area contributed by atoms with E-state index in [1.165, 1.54) is 25.7 Å². The highest BCUT2D eigenvalue weighted by Crippen LogP contribution is 2.19. The van der Waals surface area contributed by atoms with Crippen LogP contribution < -0.4 is 0 Å². The molecule has 0 aromatic carbocycles. The predicted molar refractivity (Wildman–Crippen MR) is 73.0 cm³/mol. The molecule has 0 aromatic heterocycles. The first-order chi connectivity index (χ1) is 8.26. The Balaban J connectivity index is 3.94. The zero-order chi connectivity index (χ0) is 12.9. The molecule has 0 saturated carbocycles. The molecular weight excluding hydrogens is 212 g/mol. The Bertz CT molecular complexity index is 168. The molecule has 2 nitrogen and oxygen atoms in total. The molecule has 0 aromatic rings. The SMILES string of the molecule is CCCCCC(CCCCC)C(=O)OCCC. The Kier molecular flexibility index (Phi) is 11.6. The second kappa shape index (κ2) is 11.9. The van der Waals surface area contributed by atoms with Gasteiger partial charge in [0.15, 0.2) is 0 Å². The Morgan fingerprint density at radius 2 is 1.41 bits per heavy atom. The van der Waals surface area contributed by atoms with Crippen molar-refractivity contribution in [3.8, 4) is 0 Å². The molecular formula is C15H30O2. The van der Waals surface area contributed by atoms with E-state index in [-0.39, 0.29) is 11.9 Å². The van der Waals surface area contributed by atoms with E-state index in [1.807, 2.05) is 6.92 Å². The van der Waals surface area contributed by atoms with E-state index in [2.05, 4.69) is 13.8 Å². The fourth-order valence-corrected chi connectivity index (χ4v) is 1.98. The van der Waals surface area contributed by atoms with Gasteiger partial charge in [-0.25, -0.2) is 0 Å². The van der Waals surface area contributed by atoms with Crippen molar-refractivity contribution < 1.29 is 9.53 Å². The topological polar surface area (TPSA) is 26.3 Å². The average molecular weight is 242 g/mol. The smallest absolute Gasteiger partial charge is 0.308 e. The molecule has 0 fully saturated rings. The normalized spacial score (nSPS) is 10.8. The van der Waals surface area contributed by atoms with Gasteiger partial charge < -0.3 is 4.74 Å². The summed E-state index contributed by atoms with van der Waals surface area (Å²) in [5.74, 6) is 0.193. The molecule has 0 heterocycles. The number of hydrogen-bond donors (Lipinski definition) is 0. The summed E-state index contributed by atoms with van der Waals surface area (Å²) in [5.41, 5.74) is 0. The zero-order valence-corrected chi connectivity index (χ0v) is 12.0. The third-order valence-electron chi connectivity index (χ3n) is 3.09. The number of rotatable bonds is 11. The van der Waals surface area contributed by atoms with Crippen LogP contribution in [-0.2, 0) is 9.53 Å². The minimum absolute atomic E-state index is 0.0408. The van der Waals surface area contributed by atoms with Crippen LogP contribution in [0.25, 0.3) is 0 Å². The van der Waals surface area contributed by atoms with Gasteiger partial charge in [0.25, 0.3) is 0 Å². The van der Waals surface area contributed by atoms with Crippen LogP contribution in [0, 0.1) is 5.92 Å². The van der Waals surface area contributed by atoms with E-state index in [0.29, 0.717) is 6.61 Å². The van der Waals surface area contributed by atoms with Crippen LogP contribution in [0.15, 0.2) is 0 Å². The number of hydrogen-bond acceptors (Lipinski definition) is 2. The van der Waals surface area contributed by atoms with Crippen LogP contribution >= 0.6 is 0 Å². The number of esters is 1. The summed E-state index contributed by atoms with van der Waals surface area (Å²) in [6.45, 7) is 7.01. The summed E-state index contributed by atoms with van der Waals surface area (Å²) >= 11 is 0. The van der Waals surface area contributed by atoms with Crippen LogP contribution in [0.5, 0.6) is 0 Å². The predicted octanol–water partition coefficient (Wildman–Crippen LogP) is 4.72. The lowest BCUT2D eigenvalue weighted by atomic mass is 9.95. The van der Waals surface area contributed by atoms with Gasteiger partial charge in [-0.1, -0.05) is 59.3 Å². The molecule has 17 heavy (non-hydrogen) atoms. The van der Waals surface area contributed by atoms with Gasteiger partial charge in [-0.05, 0) is 19.3 Å².